The highest BCUT2D eigenvalue weighted by Gasteiger charge is 2.42. The average Bonchev–Trinajstić information content (AvgIpc) is 3.16. The van der Waals surface area contributed by atoms with Crippen molar-refractivity contribution in [1.82, 2.24) is 15.8 Å². The fourth-order valence-electron chi connectivity index (χ4n) is 6.28. The van der Waals surface area contributed by atoms with E-state index in [1.165, 1.54) is 31.0 Å². The van der Waals surface area contributed by atoms with Crippen LogP contribution in [-0.2, 0) is 0 Å². The van der Waals surface area contributed by atoms with E-state index >= 15 is 0 Å². The molecule has 1 aliphatic heterocycles. The van der Waals surface area contributed by atoms with Gasteiger partial charge < -0.3 is 19.9 Å². The first-order valence-electron chi connectivity index (χ1n) is 12.4. The molecule has 1 aromatic heterocycles. The fraction of sp³-hybridized carbons (Fsp3) is 0.615. The molecular formula is C26H35N3O3S. The molecule has 33 heavy (non-hydrogen) atoms. The van der Waals surface area contributed by atoms with Crippen LogP contribution in [0, 0.1) is 17.8 Å². The zero-order valence-corrected chi connectivity index (χ0v) is 20.5. The van der Waals surface area contributed by atoms with Crippen molar-refractivity contribution < 1.29 is 14.1 Å². The van der Waals surface area contributed by atoms with Crippen molar-refractivity contribution >= 4 is 17.7 Å². The number of hydrogen-bond donors (Lipinski definition) is 2. The van der Waals surface area contributed by atoms with Gasteiger partial charge in [-0.2, -0.15) is 0 Å². The molecule has 178 valence electrons. The number of amides is 1. The second kappa shape index (κ2) is 9.71. The molecule has 2 aromatic rings. The maximum absolute atomic E-state index is 13.5. The zero-order chi connectivity index (χ0) is 22.8. The van der Waals surface area contributed by atoms with E-state index in [4.69, 9.17) is 9.26 Å². The molecule has 3 aliphatic rings. The number of aromatic nitrogens is 1. The van der Waals surface area contributed by atoms with Gasteiger partial charge in [0, 0.05) is 10.4 Å². The van der Waals surface area contributed by atoms with Crippen molar-refractivity contribution in [2.45, 2.75) is 80.2 Å². The highest BCUT2D eigenvalue weighted by molar-refractivity contribution is 7.99. The quantitative estimate of drug-likeness (QED) is 0.599. The number of carbonyl (C=O) groups excluding carboxylic acids is 1. The molecule has 2 N–H and O–H groups in total. The van der Waals surface area contributed by atoms with E-state index in [2.05, 4.69) is 29.6 Å². The van der Waals surface area contributed by atoms with E-state index in [1.807, 2.05) is 30.3 Å². The minimum atomic E-state index is -0.206. The molecular weight excluding hydrogens is 434 g/mol. The molecule has 3 fully saturated rings. The first-order valence-corrected chi connectivity index (χ1v) is 13.2. The normalized spacial score (nSPS) is 30.1. The van der Waals surface area contributed by atoms with Crippen LogP contribution in [0.5, 0.6) is 5.88 Å². The lowest BCUT2D eigenvalue weighted by atomic mass is 9.62. The third-order valence-corrected chi connectivity index (χ3v) is 8.46. The molecule has 2 heterocycles. The van der Waals surface area contributed by atoms with Gasteiger partial charge in [0.15, 0.2) is 0 Å². The molecule has 2 atom stereocenters. The predicted octanol–water partition coefficient (Wildman–Crippen LogP) is 5.29. The Bertz CT molecular complexity index is 939. The number of rotatable bonds is 6. The van der Waals surface area contributed by atoms with Crippen LogP contribution in [-0.4, -0.2) is 35.8 Å². The van der Waals surface area contributed by atoms with Gasteiger partial charge in [-0.3, -0.25) is 4.79 Å². The molecule has 0 radical (unpaired) electrons. The summed E-state index contributed by atoms with van der Waals surface area (Å²) in [5.74, 6) is 2.70. The molecule has 2 unspecified atom stereocenters. The Balaban J connectivity index is 1.36. The van der Waals surface area contributed by atoms with E-state index in [9.17, 15) is 4.79 Å². The SMILES string of the molecule is CC1CC2CC(C1)CC(C)(NC(=O)c1onc(OC3CCNCC3)c1Sc1ccccc1)C2. The fourth-order valence-corrected chi connectivity index (χ4v) is 7.20. The Morgan fingerprint density at radius 1 is 1.15 bits per heavy atom. The highest BCUT2D eigenvalue weighted by Crippen LogP contribution is 2.46. The summed E-state index contributed by atoms with van der Waals surface area (Å²) in [6, 6.07) is 10.0. The summed E-state index contributed by atoms with van der Waals surface area (Å²) >= 11 is 1.48. The number of piperidine rings is 1. The van der Waals surface area contributed by atoms with Crippen LogP contribution in [0.15, 0.2) is 44.6 Å². The van der Waals surface area contributed by atoms with E-state index in [1.54, 1.807) is 0 Å². The van der Waals surface area contributed by atoms with Crippen molar-refractivity contribution in [1.29, 1.82) is 0 Å². The van der Waals surface area contributed by atoms with E-state index < -0.39 is 0 Å². The van der Waals surface area contributed by atoms with E-state index in [0.29, 0.717) is 22.6 Å². The van der Waals surface area contributed by atoms with Crippen LogP contribution >= 0.6 is 11.8 Å². The summed E-state index contributed by atoms with van der Waals surface area (Å²) in [5, 5.41) is 10.9. The monoisotopic (exact) mass is 469 g/mol. The Morgan fingerprint density at radius 2 is 1.85 bits per heavy atom. The molecule has 1 aromatic carbocycles. The second-order valence-electron chi connectivity index (χ2n) is 10.6. The third-order valence-electron chi connectivity index (χ3n) is 7.39. The topological polar surface area (TPSA) is 76.4 Å². The van der Waals surface area contributed by atoms with Gasteiger partial charge in [0.1, 0.15) is 11.0 Å². The van der Waals surface area contributed by atoms with Gasteiger partial charge in [0.05, 0.1) is 0 Å². The molecule has 2 aliphatic carbocycles. The van der Waals surface area contributed by atoms with Crippen LogP contribution in [0.4, 0.5) is 0 Å². The molecule has 5 rings (SSSR count). The van der Waals surface area contributed by atoms with Crippen molar-refractivity contribution in [2.24, 2.45) is 17.8 Å². The lowest BCUT2D eigenvalue weighted by molar-refractivity contribution is 0.0591. The van der Waals surface area contributed by atoms with Crippen LogP contribution in [0.2, 0.25) is 0 Å². The van der Waals surface area contributed by atoms with Crippen LogP contribution in [0.3, 0.4) is 0 Å². The minimum absolute atomic E-state index is 0.0830. The highest BCUT2D eigenvalue weighted by atomic mass is 32.2. The number of benzene rings is 1. The van der Waals surface area contributed by atoms with Crippen LogP contribution < -0.4 is 15.4 Å². The molecule has 6 nitrogen and oxygen atoms in total. The lowest BCUT2D eigenvalue weighted by Crippen LogP contribution is -2.52. The largest absolute Gasteiger partial charge is 0.471 e. The van der Waals surface area contributed by atoms with Gasteiger partial charge in [0.25, 0.3) is 11.8 Å². The lowest BCUT2D eigenvalue weighted by Gasteiger charge is -2.47. The molecule has 0 spiro atoms. The molecule has 2 bridgehead atoms. The zero-order valence-electron chi connectivity index (χ0n) is 19.6. The van der Waals surface area contributed by atoms with Gasteiger partial charge in [-0.25, -0.2) is 0 Å². The van der Waals surface area contributed by atoms with Crippen molar-refractivity contribution in [2.75, 3.05) is 13.1 Å². The molecule has 1 amide bonds. The smallest absolute Gasteiger partial charge is 0.291 e. The van der Waals surface area contributed by atoms with Crippen molar-refractivity contribution in [3.05, 3.63) is 36.1 Å². The van der Waals surface area contributed by atoms with E-state index in [0.717, 1.165) is 49.6 Å². The third kappa shape index (κ3) is 5.40. The number of nitrogens with zero attached hydrogens (tertiary/aromatic N) is 1. The van der Waals surface area contributed by atoms with Gasteiger partial charge >= 0.3 is 0 Å². The molecule has 1 saturated heterocycles. The Hall–Kier alpha value is -1.99. The predicted molar refractivity (Wildman–Crippen MR) is 129 cm³/mol. The van der Waals surface area contributed by atoms with Crippen molar-refractivity contribution in [3.63, 3.8) is 0 Å². The number of ether oxygens (including phenoxy) is 1. The molecule has 7 heteroatoms. The van der Waals surface area contributed by atoms with Crippen LogP contribution in [0.1, 0.15) is 69.3 Å². The Morgan fingerprint density at radius 3 is 2.55 bits per heavy atom. The van der Waals surface area contributed by atoms with E-state index in [-0.39, 0.29) is 23.3 Å². The van der Waals surface area contributed by atoms with Crippen molar-refractivity contribution in [3.8, 4) is 5.88 Å². The Kier molecular flexibility index (Phi) is 6.70. The number of hydrogen-bond acceptors (Lipinski definition) is 6. The first-order chi connectivity index (χ1) is 16.0. The number of fused-ring (bicyclic) bond motifs is 2. The average molecular weight is 470 g/mol. The van der Waals surface area contributed by atoms with Gasteiger partial charge in [-0.15, -0.1) is 0 Å². The Labute approximate surface area is 200 Å². The standard InChI is InChI=1S/C26H35N3O3S/c1-17-12-18-14-19(13-17)16-26(2,15-18)28-24(30)22-23(33-21-6-4-3-5-7-21)25(29-32-22)31-20-8-10-27-11-9-20/h3-7,17-20,27H,8-16H2,1-2H3,(H,28,30). The molecule has 2 saturated carbocycles. The summed E-state index contributed by atoms with van der Waals surface area (Å²) in [7, 11) is 0. The minimum Gasteiger partial charge on any atom is -0.471 e. The summed E-state index contributed by atoms with van der Waals surface area (Å²) in [6.45, 7) is 6.42. The summed E-state index contributed by atoms with van der Waals surface area (Å²) in [4.78, 5) is 15.2. The second-order valence-corrected chi connectivity index (χ2v) is 11.7. The number of carbonyl (C=O) groups is 1. The van der Waals surface area contributed by atoms with Gasteiger partial charge in [0.2, 0.25) is 5.76 Å². The van der Waals surface area contributed by atoms with Crippen LogP contribution in [0.25, 0.3) is 0 Å². The number of nitrogens with one attached hydrogen (secondary N) is 2. The van der Waals surface area contributed by atoms with Gasteiger partial charge in [-0.05, 0) is 100 Å². The summed E-state index contributed by atoms with van der Waals surface area (Å²) < 4.78 is 11.9. The summed E-state index contributed by atoms with van der Waals surface area (Å²) in [5.41, 5.74) is -0.206. The summed E-state index contributed by atoms with van der Waals surface area (Å²) in [6.07, 6.45) is 7.84. The van der Waals surface area contributed by atoms with Gasteiger partial charge in [-0.1, -0.05) is 36.9 Å². The maximum Gasteiger partial charge on any atom is 0.291 e. The maximum atomic E-state index is 13.5. The first kappa shape index (κ1) is 22.8.